The molecular formula is C21H24N2O3. The quantitative estimate of drug-likeness (QED) is 0.853. The average Bonchev–Trinajstić information content (AvgIpc) is 2.93. The van der Waals surface area contributed by atoms with E-state index in [1.165, 1.54) is 0 Å². The number of hydrogen-bond donors (Lipinski definition) is 0. The van der Waals surface area contributed by atoms with E-state index in [4.69, 9.17) is 4.74 Å². The van der Waals surface area contributed by atoms with E-state index in [-0.39, 0.29) is 11.8 Å². The van der Waals surface area contributed by atoms with E-state index in [0.717, 1.165) is 17.7 Å². The zero-order valence-corrected chi connectivity index (χ0v) is 15.3. The molecule has 2 amide bonds. The van der Waals surface area contributed by atoms with Crippen molar-refractivity contribution in [3.05, 3.63) is 65.2 Å². The van der Waals surface area contributed by atoms with Crippen LogP contribution in [-0.2, 0) is 0 Å². The van der Waals surface area contributed by atoms with Crippen molar-refractivity contribution >= 4 is 11.8 Å². The fraction of sp³-hybridized carbons (Fsp3) is 0.333. The molecule has 0 spiro atoms. The zero-order chi connectivity index (χ0) is 18.5. The fourth-order valence-corrected chi connectivity index (χ4v) is 3.28. The number of aryl methyl sites for hydroxylation is 1. The third-order valence-electron chi connectivity index (χ3n) is 4.73. The molecule has 136 valence electrons. The van der Waals surface area contributed by atoms with Crippen molar-refractivity contribution in [2.45, 2.75) is 13.3 Å². The number of methoxy groups -OCH3 is 1. The van der Waals surface area contributed by atoms with Crippen LogP contribution < -0.4 is 4.74 Å². The van der Waals surface area contributed by atoms with Crippen molar-refractivity contribution < 1.29 is 14.3 Å². The lowest BCUT2D eigenvalue weighted by atomic mass is 10.1. The Balaban J connectivity index is 1.67. The number of rotatable bonds is 3. The Morgan fingerprint density at radius 1 is 0.846 bits per heavy atom. The molecular weight excluding hydrogens is 328 g/mol. The molecule has 26 heavy (non-hydrogen) atoms. The lowest BCUT2D eigenvalue weighted by Gasteiger charge is -2.22. The van der Waals surface area contributed by atoms with Crippen molar-refractivity contribution in [3.63, 3.8) is 0 Å². The van der Waals surface area contributed by atoms with Gasteiger partial charge in [-0.05, 0) is 49.2 Å². The largest absolute Gasteiger partial charge is 0.496 e. The molecule has 2 aromatic rings. The molecule has 2 aromatic carbocycles. The van der Waals surface area contributed by atoms with Crippen molar-refractivity contribution in [2.24, 2.45) is 0 Å². The number of amides is 2. The van der Waals surface area contributed by atoms with Crippen LogP contribution in [0.25, 0.3) is 0 Å². The van der Waals surface area contributed by atoms with E-state index in [1.54, 1.807) is 13.2 Å². The van der Waals surface area contributed by atoms with Gasteiger partial charge in [0.1, 0.15) is 5.75 Å². The first-order valence-corrected chi connectivity index (χ1v) is 8.88. The maximum atomic E-state index is 12.8. The van der Waals surface area contributed by atoms with Gasteiger partial charge in [0, 0.05) is 37.3 Å². The number of carbonyl (C=O) groups is 2. The van der Waals surface area contributed by atoms with Gasteiger partial charge in [0.15, 0.2) is 0 Å². The first kappa shape index (κ1) is 18.0. The Labute approximate surface area is 154 Å². The first-order valence-electron chi connectivity index (χ1n) is 8.88. The van der Waals surface area contributed by atoms with Crippen LogP contribution in [0.3, 0.4) is 0 Å². The van der Waals surface area contributed by atoms with E-state index < -0.39 is 0 Å². The number of carbonyl (C=O) groups excluding carboxylic acids is 2. The van der Waals surface area contributed by atoms with Crippen molar-refractivity contribution in [1.29, 1.82) is 0 Å². The van der Waals surface area contributed by atoms with Gasteiger partial charge >= 0.3 is 0 Å². The maximum absolute atomic E-state index is 12.8. The highest BCUT2D eigenvalue weighted by Crippen LogP contribution is 2.20. The van der Waals surface area contributed by atoms with Gasteiger partial charge in [-0.1, -0.05) is 18.2 Å². The van der Waals surface area contributed by atoms with Gasteiger partial charge in [-0.25, -0.2) is 0 Å². The highest BCUT2D eigenvalue weighted by Gasteiger charge is 2.23. The molecule has 1 aliphatic rings. The van der Waals surface area contributed by atoms with Crippen LogP contribution in [0, 0.1) is 6.92 Å². The van der Waals surface area contributed by atoms with Crippen LogP contribution in [0.1, 0.15) is 32.7 Å². The van der Waals surface area contributed by atoms with E-state index in [2.05, 4.69) is 0 Å². The summed E-state index contributed by atoms with van der Waals surface area (Å²) in [4.78, 5) is 29.1. The molecule has 3 rings (SSSR count). The number of ether oxygens (including phenoxy) is 1. The van der Waals surface area contributed by atoms with Crippen molar-refractivity contribution in [1.82, 2.24) is 9.80 Å². The monoisotopic (exact) mass is 352 g/mol. The number of nitrogens with zero attached hydrogens (tertiary/aromatic N) is 2. The predicted molar refractivity (Wildman–Crippen MR) is 101 cm³/mol. The van der Waals surface area contributed by atoms with E-state index in [1.807, 2.05) is 59.2 Å². The topological polar surface area (TPSA) is 49.9 Å². The molecule has 1 saturated heterocycles. The van der Waals surface area contributed by atoms with Crippen LogP contribution in [-0.4, -0.2) is 54.9 Å². The van der Waals surface area contributed by atoms with E-state index in [9.17, 15) is 9.59 Å². The Hall–Kier alpha value is -2.82. The fourth-order valence-electron chi connectivity index (χ4n) is 3.28. The van der Waals surface area contributed by atoms with Crippen LogP contribution in [0.2, 0.25) is 0 Å². The minimum absolute atomic E-state index is 0.00441. The summed E-state index contributed by atoms with van der Waals surface area (Å²) >= 11 is 0. The molecule has 1 fully saturated rings. The standard InChI is InChI=1S/C21H24N2O3/c1-16-15-18(9-10-19(16)26-2)21(25)23-12-6-11-22(13-14-23)20(24)17-7-4-3-5-8-17/h3-5,7-10,15H,6,11-14H2,1-2H3. The molecule has 0 unspecified atom stereocenters. The second kappa shape index (κ2) is 8.04. The molecule has 5 nitrogen and oxygen atoms in total. The lowest BCUT2D eigenvalue weighted by molar-refractivity contribution is 0.0718. The third-order valence-corrected chi connectivity index (χ3v) is 4.73. The summed E-state index contributed by atoms with van der Waals surface area (Å²) in [5.41, 5.74) is 2.29. The molecule has 1 aliphatic heterocycles. The summed E-state index contributed by atoms with van der Waals surface area (Å²) in [7, 11) is 1.62. The van der Waals surface area contributed by atoms with Crippen LogP contribution in [0.4, 0.5) is 0 Å². The van der Waals surface area contributed by atoms with Crippen molar-refractivity contribution in [2.75, 3.05) is 33.3 Å². The smallest absolute Gasteiger partial charge is 0.253 e. The van der Waals surface area contributed by atoms with Crippen LogP contribution in [0.15, 0.2) is 48.5 Å². The molecule has 0 N–H and O–H groups in total. The Morgan fingerprint density at radius 3 is 2.04 bits per heavy atom. The Morgan fingerprint density at radius 2 is 1.46 bits per heavy atom. The molecule has 1 heterocycles. The second-order valence-corrected chi connectivity index (χ2v) is 6.49. The van der Waals surface area contributed by atoms with Crippen molar-refractivity contribution in [3.8, 4) is 5.75 Å². The molecule has 0 bridgehead atoms. The zero-order valence-electron chi connectivity index (χ0n) is 15.3. The Bertz CT molecular complexity index is 789. The van der Waals surface area contributed by atoms with E-state index in [0.29, 0.717) is 37.3 Å². The van der Waals surface area contributed by atoms with Gasteiger partial charge in [0.2, 0.25) is 0 Å². The normalized spacial score (nSPS) is 14.7. The predicted octanol–water partition coefficient (Wildman–Crippen LogP) is 2.99. The number of hydrogen-bond acceptors (Lipinski definition) is 3. The summed E-state index contributed by atoms with van der Waals surface area (Å²) in [6.45, 7) is 4.34. The summed E-state index contributed by atoms with van der Waals surface area (Å²) in [6, 6.07) is 14.8. The molecule has 0 aromatic heterocycles. The van der Waals surface area contributed by atoms with E-state index >= 15 is 0 Å². The highest BCUT2D eigenvalue weighted by atomic mass is 16.5. The van der Waals surface area contributed by atoms with Crippen LogP contribution in [0.5, 0.6) is 5.75 Å². The van der Waals surface area contributed by atoms with Crippen LogP contribution >= 0.6 is 0 Å². The summed E-state index contributed by atoms with van der Waals surface area (Å²) in [6.07, 6.45) is 0.777. The highest BCUT2D eigenvalue weighted by molar-refractivity contribution is 5.95. The minimum Gasteiger partial charge on any atom is -0.496 e. The van der Waals surface area contributed by atoms with Gasteiger partial charge in [0.25, 0.3) is 11.8 Å². The number of benzene rings is 2. The molecule has 0 atom stereocenters. The van der Waals surface area contributed by atoms with Gasteiger partial charge < -0.3 is 14.5 Å². The molecule has 0 saturated carbocycles. The van der Waals surface area contributed by atoms with Gasteiger partial charge in [-0.2, -0.15) is 0 Å². The molecule has 5 heteroatoms. The summed E-state index contributed by atoms with van der Waals surface area (Å²) in [5, 5.41) is 0. The molecule has 0 radical (unpaired) electrons. The average molecular weight is 352 g/mol. The second-order valence-electron chi connectivity index (χ2n) is 6.49. The summed E-state index contributed by atoms with van der Waals surface area (Å²) in [5.74, 6) is 0.807. The SMILES string of the molecule is COc1ccc(C(=O)N2CCCN(C(=O)c3ccccc3)CC2)cc1C. The Kier molecular flexibility index (Phi) is 5.56. The maximum Gasteiger partial charge on any atom is 0.253 e. The summed E-state index contributed by atoms with van der Waals surface area (Å²) < 4.78 is 5.26. The third kappa shape index (κ3) is 3.87. The van der Waals surface area contributed by atoms with Gasteiger partial charge in [-0.15, -0.1) is 0 Å². The molecule has 0 aliphatic carbocycles. The van der Waals surface area contributed by atoms with Gasteiger partial charge in [0.05, 0.1) is 7.11 Å². The minimum atomic E-state index is 0.00441. The first-order chi connectivity index (χ1) is 12.6. The lowest BCUT2D eigenvalue weighted by Crippen LogP contribution is -2.37. The van der Waals surface area contributed by atoms with Gasteiger partial charge in [-0.3, -0.25) is 9.59 Å².